The Kier molecular flexibility index (Phi) is 4.40. The maximum atomic E-state index is 5.32. The molecule has 1 rings (SSSR count). The van der Waals surface area contributed by atoms with Crippen LogP contribution in [0.2, 0.25) is 0 Å². The molecule has 0 fully saturated rings. The summed E-state index contributed by atoms with van der Waals surface area (Å²) in [5.74, 6) is 0. The summed E-state index contributed by atoms with van der Waals surface area (Å²) in [4.78, 5) is 4.21. The molecular weight excluding hydrogens is 176 g/mol. The zero-order valence-electron chi connectivity index (χ0n) is 9.08. The molecular formula is C11H18N2O. The third-order valence-electron chi connectivity index (χ3n) is 1.98. The van der Waals surface area contributed by atoms with Gasteiger partial charge in [-0.15, -0.1) is 0 Å². The van der Waals surface area contributed by atoms with E-state index in [9.17, 15) is 0 Å². The van der Waals surface area contributed by atoms with Gasteiger partial charge in [0.05, 0.1) is 18.0 Å². The number of anilines is 1. The third-order valence-corrected chi connectivity index (χ3v) is 1.98. The van der Waals surface area contributed by atoms with E-state index < -0.39 is 0 Å². The van der Waals surface area contributed by atoms with Crippen molar-refractivity contribution in [2.75, 3.05) is 18.5 Å². The van der Waals surface area contributed by atoms with E-state index >= 15 is 0 Å². The fraction of sp³-hybridized carbons (Fsp3) is 0.545. The number of aryl methyl sites for hydroxylation is 1. The van der Waals surface area contributed by atoms with Crippen molar-refractivity contribution >= 4 is 5.69 Å². The third kappa shape index (κ3) is 3.34. The zero-order chi connectivity index (χ0) is 10.4. The minimum absolute atomic E-state index is 0.317. The first-order valence-corrected chi connectivity index (χ1v) is 5.00. The average Bonchev–Trinajstić information content (AvgIpc) is 2.18. The lowest BCUT2D eigenvalue weighted by atomic mass is 10.2. The summed E-state index contributed by atoms with van der Waals surface area (Å²) in [6, 6.07) is 4.28. The lowest BCUT2D eigenvalue weighted by Gasteiger charge is -2.15. The van der Waals surface area contributed by atoms with Gasteiger partial charge in [-0.25, -0.2) is 0 Å². The van der Waals surface area contributed by atoms with Gasteiger partial charge < -0.3 is 10.1 Å². The van der Waals surface area contributed by atoms with Crippen LogP contribution in [-0.4, -0.2) is 24.2 Å². The van der Waals surface area contributed by atoms with E-state index in [1.165, 1.54) is 0 Å². The number of ether oxygens (including phenoxy) is 1. The minimum Gasteiger partial charge on any atom is -0.380 e. The Balaban J connectivity index is 2.47. The Hall–Kier alpha value is -1.09. The number of rotatable bonds is 5. The molecule has 1 heterocycles. The van der Waals surface area contributed by atoms with Gasteiger partial charge in [-0.05, 0) is 32.9 Å². The van der Waals surface area contributed by atoms with Crippen molar-refractivity contribution in [1.82, 2.24) is 4.98 Å². The molecule has 0 aliphatic carbocycles. The molecule has 1 aromatic heterocycles. The highest BCUT2D eigenvalue weighted by Crippen LogP contribution is 2.11. The van der Waals surface area contributed by atoms with Gasteiger partial charge in [0.25, 0.3) is 0 Å². The molecule has 0 saturated carbocycles. The van der Waals surface area contributed by atoms with E-state index in [2.05, 4.69) is 17.2 Å². The number of hydrogen-bond acceptors (Lipinski definition) is 3. The summed E-state index contributed by atoms with van der Waals surface area (Å²) in [6.07, 6.45) is 1.80. The summed E-state index contributed by atoms with van der Waals surface area (Å²) < 4.78 is 5.32. The van der Waals surface area contributed by atoms with Crippen molar-refractivity contribution in [2.24, 2.45) is 0 Å². The number of pyridine rings is 1. The second kappa shape index (κ2) is 5.60. The molecule has 3 heteroatoms. The van der Waals surface area contributed by atoms with Gasteiger partial charge in [0.15, 0.2) is 0 Å². The Morgan fingerprint density at radius 3 is 3.00 bits per heavy atom. The summed E-state index contributed by atoms with van der Waals surface area (Å²) in [7, 11) is 0. The number of nitrogens with one attached hydrogen (secondary N) is 1. The zero-order valence-corrected chi connectivity index (χ0v) is 9.08. The first-order chi connectivity index (χ1) is 6.74. The van der Waals surface area contributed by atoms with E-state index in [0.29, 0.717) is 6.04 Å². The van der Waals surface area contributed by atoms with Crippen molar-refractivity contribution in [3.8, 4) is 0 Å². The van der Waals surface area contributed by atoms with Crippen LogP contribution in [0.5, 0.6) is 0 Å². The van der Waals surface area contributed by atoms with Crippen LogP contribution in [0, 0.1) is 6.92 Å². The highest BCUT2D eigenvalue weighted by molar-refractivity contribution is 5.47. The number of hydrogen-bond donors (Lipinski definition) is 1. The first-order valence-electron chi connectivity index (χ1n) is 5.00. The van der Waals surface area contributed by atoms with Gasteiger partial charge in [0.2, 0.25) is 0 Å². The van der Waals surface area contributed by atoms with Crippen molar-refractivity contribution in [2.45, 2.75) is 26.8 Å². The van der Waals surface area contributed by atoms with E-state index in [1.807, 2.05) is 26.0 Å². The second-order valence-electron chi connectivity index (χ2n) is 3.34. The molecule has 1 unspecified atom stereocenters. The largest absolute Gasteiger partial charge is 0.380 e. The van der Waals surface area contributed by atoms with Crippen molar-refractivity contribution in [1.29, 1.82) is 0 Å². The van der Waals surface area contributed by atoms with Crippen LogP contribution < -0.4 is 5.32 Å². The van der Waals surface area contributed by atoms with Gasteiger partial charge in [0.1, 0.15) is 0 Å². The summed E-state index contributed by atoms with van der Waals surface area (Å²) in [5.41, 5.74) is 2.11. The average molecular weight is 194 g/mol. The van der Waals surface area contributed by atoms with E-state index in [4.69, 9.17) is 4.74 Å². The lowest BCUT2D eigenvalue weighted by molar-refractivity contribution is 0.141. The molecule has 0 aliphatic rings. The van der Waals surface area contributed by atoms with Gasteiger partial charge in [0, 0.05) is 18.8 Å². The standard InChI is InChI=1S/C11H18N2O/c1-4-14-8-9(2)13-11-6-5-7-12-10(11)3/h5-7,9,13H,4,8H2,1-3H3. The Labute approximate surface area is 85.5 Å². The predicted octanol–water partition coefficient (Wildman–Crippen LogP) is 2.23. The molecule has 1 aromatic rings. The molecule has 0 radical (unpaired) electrons. The van der Waals surface area contributed by atoms with Gasteiger partial charge in [-0.2, -0.15) is 0 Å². The minimum atomic E-state index is 0.317. The lowest BCUT2D eigenvalue weighted by Crippen LogP contribution is -2.22. The van der Waals surface area contributed by atoms with Crippen LogP contribution in [0.4, 0.5) is 5.69 Å². The molecule has 78 valence electrons. The monoisotopic (exact) mass is 194 g/mol. The molecule has 14 heavy (non-hydrogen) atoms. The molecule has 0 bridgehead atoms. The van der Waals surface area contributed by atoms with Crippen LogP contribution in [0.3, 0.4) is 0 Å². The molecule has 0 saturated heterocycles. The Morgan fingerprint density at radius 2 is 2.36 bits per heavy atom. The highest BCUT2D eigenvalue weighted by atomic mass is 16.5. The number of nitrogens with zero attached hydrogens (tertiary/aromatic N) is 1. The van der Waals surface area contributed by atoms with Crippen LogP contribution in [0.1, 0.15) is 19.5 Å². The van der Waals surface area contributed by atoms with Gasteiger partial charge >= 0.3 is 0 Å². The van der Waals surface area contributed by atoms with E-state index in [-0.39, 0.29) is 0 Å². The quantitative estimate of drug-likeness (QED) is 0.780. The maximum absolute atomic E-state index is 5.32. The van der Waals surface area contributed by atoms with Crippen LogP contribution in [0.25, 0.3) is 0 Å². The smallest absolute Gasteiger partial charge is 0.0664 e. The molecule has 0 spiro atoms. The Morgan fingerprint density at radius 1 is 1.57 bits per heavy atom. The van der Waals surface area contributed by atoms with Crippen LogP contribution in [-0.2, 0) is 4.74 Å². The van der Waals surface area contributed by atoms with Gasteiger partial charge in [-0.1, -0.05) is 0 Å². The van der Waals surface area contributed by atoms with Crippen molar-refractivity contribution in [3.05, 3.63) is 24.0 Å². The van der Waals surface area contributed by atoms with Gasteiger partial charge in [-0.3, -0.25) is 4.98 Å². The topological polar surface area (TPSA) is 34.1 Å². The summed E-state index contributed by atoms with van der Waals surface area (Å²) in [5, 5.41) is 3.36. The fourth-order valence-electron chi connectivity index (χ4n) is 1.24. The fourth-order valence-corrected chi connectivity index (χ4v) is 1.24. The van der Waals surface area contributed by atoms with Crippen molar-refractivity contribution < 1.29 is 4.74 Å². The van der Waals surface area contributed by atoms with Crippen molar-refractivity contribution in [3.63, 3.8) is 0 Å². The summed E-state index contributed by atoms with van der Waals surface area (Å²) in [6.45, 7) is 7.59. The second-order valence-corrected chi connectivity index (χ2v) is 3.34. The Bertz CT molecular complexity index is 276. The van der Waals surface area contributed by atoms with Crippen LogP contribution >= 0.6 is 0 Å². The molecule has 0 aromatic carbocycles. The normalized spacial score (nSPS) is 12.5. The van der Waals surface area contributed by atoms with E-state index in [1.54, 1.807) is 6.20 Å². The summed E-state index contributed by atoms with van der Waals surface area (Å²) >= 11 is 0. The molecule has 1 N–H and O–H groups in total. The first kappa shape index (κ1) is 11.0. The SMILES string of the molecule is CCOCC(C)Nc1cccnc1C. The maximum Gasteiger partial charge on any atom is 0.0664 e. The molecule has 1 atom stereocenters. The predicted molar refractivity (Wildman–Crippen MR) is 58.6 cm³/mol. The highest BCUT2D eigenvalue weighted by Gasteiger charge is 2.03. The van der Waals surface area contributed by atoms with E-state index in [0.717, 1.165) is 24.6 Å². The van der Waals surface area contributed by atoms with Crippen LogP contribution in [0.15, 0.2) is 18.3 Å². The molecule has 0 amide bonds. The molecule has 0 aliphatic heterocycles. The number of aromatic nitrogens is 1. The molecule has 3 nitrogen and oxygen atoms in total.